The molecule has 1 aliphatic heterocycles. The largest absolute Gasteiger partial charge is 0.454 e. The zero-order valence-corrected chi connectivity index (χ0v) is 13.8. The molecule has 0 saturated carbocycles. The summed E-state index contributed by atoms with van der Waals surface area (Å²) in [6.07, 6.45) is 3.27. The molecule has 0 bridgehead atoms. The summed E-state index contributed by atoms with van der Waals surface area (Å²) < 4.78 is 13.7. The number of benzene rings is 1. The lowest BCUT2D eigenvalue weighted by molar-refractivity contribution is -0.113. The van der Waals surface area contributed by atoms with Gasteiger partial charge in [-0.25, -0.2) is 0 Å². The van der Waals surface area contributed by atoms with Crippen molar-refractivity contribution in [2.45, 2.75) is 0 Å². The fraction of sp³-hybridized carbons (Fsp3) is 0.125. The summed E-state index contributed by atoms with van der Waals surface area (Å²) in [7, 11) is 1.89. The van der Waals surface area contributed by atoms with E-state index in [-0.39, 0.29) is 12.7 Å². The lowest BCUT2D eigenvalue weighted by atomic mass is 10.3. The van der Waals surface area contributed by atoms with E-state index in [9.17, 15) is 4.79 Å². The summed E-state index contributed by atoms with van der Waals surface area (Å²) in [6.45, 7) is 0.250. The molecule has 0 spiro atoms. The van der Waals surface area contributed by atoms with Crippen molar-refractivity contribution < 1.29 is 14.3 Å². The molecule has 116 valence electrons. The Kier molecular flexibility index (Phi) is 3.51. The van der Waals surface area contributed by atoms with Gasteiger partial charge in [0.25, 0.3) is 5.91 Å². The van der Waals surface area contributed by atoms with E-state index >= 15 is 0 Å². The van der Waals surface area contributed by atoms with Crippen molar-refractivity contribution in [3.05, 3.63) is 45.4 Å². The van der Waals surface area contributed by atoms with Gasteiger partial charge in [-0.15, -0.1) is 11.3 Å². The zero-order chi connectivity index (χ0) is 15.8. The number of carbonyl (C=O) groups is 1. The highest BCUT2D eigenvalue weighted by atomic mass is 32.1. The summed E-state index contributed by atoms with van der Waals surface area (Å²) in [6, 6.07) is 7.74. The van der Waals surface area contributed by atoms with Crippen molar-refractivity contribution in [1.82, 2.24) is 4.57 Å². The van der Waals surface area contributed by atoms with Gasteiger partial charge in [0, 0.05) is 30.1 Å². The Balaban J connectivity index is 1.71. The first-order valence-corrected chi connectivity index (χ1v) is 8.60. The lowest BCUT2D eigenvalue weighted by Crippen LogP contribution is -2.12. The second-order valence-electron chi connectivity index (χ2n) is 4.92. The highest BCUT2D eigenvalue weighted by Gasteiger charge is 2.16. The van der Waals surface area contributed by atoms with Crippen LogP contribution in [0.1, 0.15) is 4.88 Å². The molecular weight excluding hydrogens is 332 g/mol. The van der Waals surface area contributed by atoms with E-state index < -0.39 is 0 Å². The van der Waals surface area contributed by atoms with E-state index in [1.807, 2.05) is 41.3 Å². The fourth-order valence-corrected chi connectivity index (χ4v) is 3.95. The number of carbonyl (C=O) groups excluding carboxylic acids is 1. The van der Waals surface area contributed by atoms with Crippen LogP contribution in [0.4, 0.5) is 0 Å². The molecule has 2 aromatic heterocycles. The molecule has 1 aliphatic rings. The van der Waals surface area contributed by atoms with Crippen LogP contribution in [-0.4, -0.2) is 17.3 Å². The predicted octanol–water partition coefficient (Wildman–Crippen LogP) is 3.17. The van der Waals surface area contributed by atoms with Gasteiger partial charge in [-0.1, -0.05) is 17.4 Å². The number of aromatic nitrogens is 1. The number of hydrogen-bond acceptors (Lipinski definition) is 5. The van der Waals surface area contributed by atoms with Crippen LogP contribution in [0.15, 0.2) is 40.7 Å². The average Bonchev–Trinajstić information content (AvgIpc) is 3.26. The van der Waals surface area contributed by atoms with Crippen LogP contribution < -0.4 is 14.3 Å². The number of fused-ring (bicyclic) bond motifs is 2. The monoisotopic (exact) mass is 344 g/mol. The molecule has 0 radical (unpaired) electrons. The van der Waals surface area contributed by atoms with Crippen LogP contribution >= 0.6 is 22.7 Å². The minimum absolute atomic E-state index is 0.250. The molecule has 7 heteroatoms. The number of aryl methyl sites for hydroxylation is 1. The molecule has 0 saturated heterocycles. The second-order valence-corrected chi connectivity index (χ2v) is 6.90. The van der Waals surface area contributed by atoms with Gasteiger partial charge < -0.3 is 14.0 Å². The normalized spacial score (nSPS) is 14.2. The maximum Gasteiger partial charge on any atom is 0.272 e. The standard InChI is InChI=1S/C16H12N2O3S2/c1-18-11-7-12-13(21-9-20-12)8-14(11)23-16(18)17-15(19)5-4-10-3-2-6-22-10/h2-8H,9H2,1H3. The van der Waals surface area contributed by atoms with Gasteiger partial charge in [0.1, 0.15) is 0 Å². The highest BCUT2D eigenvalue weighted by molar-refractivity contribution is 7.16. The van der Waals surface area contributed by atoms with Crippen LogP contribution in [0.3, 0.4) is 0 Å². The van der Waals surface area contributed by atoms with Crippen molar-refractivity contribution >= 4 is 44.9 Å². The average molecular weight is 344 g/mol. The third kappa shape index (κ3) is 2.69. The molecule has 0 aliphatic carbocycles. The Bertz CT molecular complexity index is 981. The quantitative estimate of drug-likeness (QED) is 0.671. The summed E-state index contributed by atoms with van der Waals surface area (Å²) in [5, 5.41) is 1.97. The van der Waals surface area contributed by atoms with Crippen LogP contribution in [0.5, 0.6) is 11.5 Å². The highest BCUT2D eigenvalue weighted by Crippen LogP contribution is 2.36. The molecular formula is C16H12N2O3S2. The van der Waals surface area contributed by atoms with E-state index in [2.05, 4.69) is 4.99 Å². The summed E-state index contributed by atoms with van der Waals surface area (Å²) in [4.78, 5) is 17.9. The van der Waals surface area contributed by atoms with Gasteiger partial charge in [0.15, 0.2) is 16.3 Å². The Morgan fingerprint density at radius 1 is 1.35 bits per heavy atom. The van der Waals surface area contributed by atoms with Crippen LogP contribution in [0.2, 0.25) is 0 Å². The number of thiazole rings is 1. The van der Waals surface area contributed by atoms with Crippen LogP contribution in [-0.2, 0) is 11.8 Å². The van der Waals surface area contributed by atoms with Crippen molar-refractivity contribution in [3.63, 3.8) is 0 Å². The number of ether oxygens (including phenoxy) is 2. The van der Waals surface area contributed by atoms with E-state index in [0.717, 1.165) is 26.6 Å². The first-order chi connectivity index (χ1) is 11.2. The number of nitrogens with zero attached hydrogens (tertiary/aromatic N) is 2. The predicted molar refractivity (Wildman–Crippen MR) is 90.8 cm³/mol. The van der Waals surface area contributed by atoms with Crippen molar-refractivity contribution in [2.24, 2.45) is 12.0 Å². The Morgan fingerprint density at radius 2 is 2.17 bits per heavy atom. The Morgan fingerprint density at radius 3 is 2.96 bits per heavy atom. The minimum Gasteiger partial charge on any atom is -0.454 e. The smallest absolute Gasteiger partial charge is 0.272 e. The second kappa shape index (κ2) is 5.68. The van der Waals surface area contributed by atoms with Crippen LogP contribution in [0, 0.1) is 0 Å². The van der Waals surface area contributed by atoms with Gasteiger partial charge in [-0.3, -0.25) is 4.79 Å². The molecule has 1 amide bonds. The number of hydrogen-bond donors (Lipinski definition) is 0. The first kappa shape index (κ1) is 14.2. The molecule has 3 aromatic rings. The number of rotatable bonds is 2. The maximum absolute atomic E-state index is 12.0. The van der Waals surface area contributed by atoms with E-state index in [4.69, 9.17) is 9.47 Å². The molecule has 3 heterocycles. The summed E-state index contributed by atoms with van der Waals surface area (Å²) in [5.41, 5.74) is 0.966. The van der Waals surface area contributed by atoms with E-state index in [1.54, 1.807) is 17.4 Å². The number of thiophene rings is 1. The third-order valence-electron chi connectivity index (χ3n) is 3.44. The topological polar surface area (TPSA) is 52.8 Å². The zero-order valence-electron chi connectivity index (χ0n) is 12.2. The van der Waals surface area contributed by atoms with Gasteiger partial charge >= 0.3 is 0 Å². The maximum atomic E-state index is 12.0. The van der Waals surface area contributed by atoms with E-state index in [1.165, 1.54) is 17.4 Å². The van der Waals surface area contributed by atoms with Gasteiger partial charge in [0.2, 0.25) is 6.79 Å². The summed E-state index contributed by atoms with van der Waals surface area (Å²) in [5.74, 6) is 1.18. The van der Waals surface area contributed by atoms with Gasteiger partial charge in [-0.05, 0) is 17.5 Å². The Hall–Kier alpha value is -2.38. The molecule has 23 heavy (non-hydrogen) atoms. The summed E-state index contributed by atoms with van der Waals surface area (Å²) >= 11 is 3.03. The molecule has 0 fully saturated rings. The number of amides is 1. The molecule has 0 atom stereocenters. The van der Waals surface area contributed by atoms with Gasteiger partial charge in [0.05, 0.1) is 10.2 Å². The van der Waals surface area contributed by atoms with Crippen molar-refractivity contribution in [1.29, 1.82) is 0 Å². The molecule has 0 unspecified atom stereocenters. The first-order valence-electron chi connectivity index (χ1n) is 6.90. The van der Waals surface area contributed by atoms with Gasteiger partial charge in [-0.2, -0.15) is 4.99 Å². The lowest BCUT2D eigenvalue weighted by Gasteiger charge is -1.97. The van der Waals surface area contributed by atoms with Crippen molar-refractivity contribution in [2.75, 3.05) is 6.79 Å². The molecule has 5 nitrogen and oxygen atoms in total. The minimum atomic E-state index is -0.277. The van der Waals surface area contributed by atoms with Crippen molar-refractivity contribution in [3.8, 4) is 11.5 Å². The van der Waals surface area contributed by atoms with E-state index in [0.29, 0.717) is 4.80 Å². The molecule has 1 aromatic carbocycles. The molecule has 4 rings (SSSR count). The Labute approximate surface area is 139 Å². The SMILES string of the molecule is Cn1c(=NC(=O)C=Cc2cccs2)sc2cc3c(cc21)OCO3. The fourth-order valence-electron chi connectivity index (χ4n) is 2.30. The van der Waals surface area contributed by atoms with Crippen LogP contribution in [0.25, 0.3) is 16.3 Å². The molecule has 0 N–H and O–H groups in total. The third-order valence-corrected chi connectivity index (χ3v) is 5.38.